The first-order valence-corrected chi connectivity index (χ1v) is 9.22. The molecule has 0 radical (unpaired) electrons. The molecule has 144 valence electrons. The fourth-order valence-corrected chi connectivity index (χ4v) is 3.23. The number of benzene rings is 1. The van der Waals surface area contributed by atoms with Crippen molar-refractivity contribution >= 4 is 5.91 Å². The fraction of sp³-hybridized carbons (Fsp3) is 0.429. The van der Waals surface area contributed by atoms with E-state index in [1.807, 2.05) is 24.3 Å². The molecule has 1 amide bonds. The van der Waals surface area contributed by atoms with Crippen molar-refractivity contribution in [2.45, 2.75) is 38.6 Å². The molecule has 0 atom stereocenters. The summed E-state index contributed by atoms with van der Waals surface area (Å²) in [4.78, 5) is 24.9. The average molecular weight is 371 g/mol. The van der Waals surface area contributed by atoms with Crippen LogP contribution in [0.5, 0.6) is 5.75 Å². The maximum absolute atomic E-state index is 12.5. The first-order valence-electron chi connectivity index (χ1n) is 9.22. The number of aryl methyl sites for hydroxylation is 3. The molecule has 1 saturated heterocycles. The normalized spacial score (nSPS) is 14.7. The van der Waals surface area contributed by atoms with Crippen LogP contribution in [0.1, 0.15) is 40.1 Å². The van der Waals surface area contributed by atoms with Gasteiger partial charge in [0.2, 0.25) is 0 Å². The minimum atomic E-state index is -0.579. The highest BCUT2D eigenvalue weighted by atomic mass is 16.5. The van der Waals surface area contributed by atoms with E-state index < -0.39 is 5.63 Å². The van der Waals surface area contributed by atoms with Gasteiger partial charge in [-0.05, 0) is 55.5 Å². The predicted octanol–water partition coefficient (Wildman–Crippen LogP) is 2.65. The molecule has 1 aliphatic rings. The molecule has 0 aliphatic carbocycles. The van der Waals surface area contributed by atoms with E-state index in [1.165, 1.54) is 0 Å². The maximum Gasteiger partial charge on any atom is 0.349 e. The van der Waals surface area contributed by atoms with Crippen molar-refractivity contribution in [1.82, 2.24) is 5.32 Å². The Balaban J connectivity index is 1.66. The Morgan fingerprint density at radius 3 is 2.52 bits per heavy atom. The summed E-state index contributed by atoms with van der Waals surface area (Å²) in [5.74, 6) is 1.02. The third-order valence-electron chi connectivity index (χ3n) is 4.80. The van der Waals surface area contributed by atoms with Gasteiger partial charge in [0.25, 0.3) is 5.91 Å². The first-order chi connectivity index (χ1) is 13.1. The molecule has 1 aromatic heterocycles. The van der Waals surface area contributed by atoms with Crippen LogP contribution in [-0.4, -0.2) is 32.3 Å². The van der Waals surface area contributed by atoms with Crippen LogP contribution in [0.3, 0.4) is 0 Å². The lowest BCUT2D eigenvalue weighted by atomic mass is 10.0. The molecule has 0 saturated carbocycles. The number of nitrogens with one attached hydrogen (secondary N) is 1. The summed E-state index contributed by atoms with van der Waals surface area (Å²) in [6.45, 7) is 3.03. The zero-order chi connectivity index (χ0) is 19.2. The van der Waals surface area contributed by atoms with Gasteiger partial charge in [0.05, 0.1) is 7.11 Å². The van der Waals surface area contributed by atoms with Gasteiger partial charge in [-0.2, -0.15) is 0 Å². The second-order valence-electron chi connectivity index (χ2n) is 6.77. The molecule has 1 fully saturated rings. The summed E-state index contributed by atoms with van der Waals surface area (Å²) in [6.07, 6.45) is 2.84. The van der Waals surface area contributed by atoms with Crippen molar-refractivity contribution in [1.29, 1.82) is 0 Å². The van der Waals surface area contributed by atoms with Crippen LogP contribution < -0.4 is 15.7 Å². The molecule has 6 nitrogen and oxygen atoms in total. The van der Waals surface area contributed by atoms with Crippen molar-refractivity contribution in [2.24, 2.45) is 0 Å². The lowest BCUT2D eigenvalue weighted by Gasteiger charge is -2.23. The number of carbonyl (C=O) groups is 1. The summed E-state index contributed by atoms with van der Waals surface area (Å²) < 4.78 is 15.8. The molecular weight excluding hydrogens is 346 g/mol. The zero-order valence-electron chi connectivity index (χ0n) is 15.7. The Morgan fingerprint density at radius 1 is 1.19 bits per heavy atom. The molecule has 3 rings (SSSR count). The SMILES string of the molecule is COc1ccc(CCc2cc(C)c(C(=O)NC3CCOCC3)c(=O)o2)cc1. The monoisotopic (exact) mass is 371 g/mol. The molecule has 1 N–H and O–H groups in total. The molecule has 0 unspecified atom stereocenters. The van der Waals surface area contributed by atoms with E-state index in [1.54, 1.807) is 20.1 Å². The van der Waals surface area contributed by atoms with Crippen LogP contribution >= 0.6 is 0 Å². The van der Waals surface area contributed by atoms with E-state index >= 15 is 0 Å². The highest BCUT2D eigenvalue weighted by Crippen LogP contribution is 2.15. The van der Waals surface area contributed by atoms with E-state index in [0.29, 0.717) is 31.0 Å². The molecular formula is C21H25NO5. The van der Waals surface area contributed by atoms with E-state index in [2.05, 4.69) is 5.32 Å². The Labute approximate surface area is 158 Å². The first kappa shape index (κ1) is 19.2. The summed E-state index contributed by atoms with van der Waals surface area (Å²) in [6, 6.07) is 9.60. The van der Waals surface area contributed by atoms with Gasteiger partial charge in [0, 0.05) is 25.7 Å². The number of hydrogen-bond acceptors (Lipinski definition) is 5. The number of methoxy groups -OCH3 is 1. The second kappa shape index (κ2) is 8.86. The van der Waals surface area contributed by atoms with E-state index in [4.69, 9.17) is 13.9 Å². The van der Waals surface area contributed by atoms with Crippen LogP contribution in [0.25, 0.3) is 0 Å². The van der Waals surface area contributed by atoms with Crippen molar-refractivity contribution < 1.29 is 18.7 Å². The Bertz CT molecular complexity index is 835. The van der Waals surface area contributed by atoms with Crippen LogP contribution in [0.15, 0.2) is 39.5 Å². The number of ether oxygens (including phenoxy) is 2. The lowest BCUT2D eigenvalue weighted by Crippen LogP contribution is -2.40. The van der Waals surface area contributed by atoms with Crippen LogP contribution in [0.2, 0.25) is 0 Å². The molecule has 1 aliphatic heterocycles. The number of rotatable bonds is 6. The molecule has 27 heavy (non-hydrogen) atoms. The van der Waals surface area contributed by atoms with Crippen LogP contribution in [0, 0.1) is 6.92 Å². The molecule has 2 aromatic rings. The molecule has 1 aromatic carbocycles. The summed E-state index contributed by atoms with van der Waals surface area (Å²) in [5.41, 5.74) is 1.27. The van der Waals surface area contributed by atoms with E-state index in [9.17, 15) is 9.59 Å². The molecule has 0 spiro atoms. The Morgan fingerprint density at radius 2 is 1.89 bits per heavy atom. The van der Waals surface area contributed by atoms with Gasteiger partial charge in [-0.3, -0.25) is 4.79 Å². The fourth-order valence-electron chi connectivity index (χ4n) is 3.23. The van der Waals surface area contributed by atoms with Gasteiger partial charge >= 0.3 is 5.63 Å². The zero-order valence-corrected chi connectivity index (χ0v) is 15.7. The predicted molar refractivity (Wildman–Crippen MR) is 101 cm³/mol. The highest BCUT2D eigenvalue weighted by Gasteiger charge is 2.21. The average Bonchev–Trinajstić information content (AvgIpc) is 2.67. The van der Waals surface area contributed by atoms with Crippen molar-refractivity contribution in [3.05, 3.63) is 63.2 Å². The molecule has 6 heteroatoms. The topological polar surface area (TPSA) is 77.8 Å². The number of amides is 1. The van der Waals surface area contributed by atoms with Crippen molar-refractivity contribution in [2.75, 3.05) is 20.3 Å². The summed E-state index contributed by atoms with van der Waals surface area (Å²) in [5, 5.41) is 2.91. The third kappa shape index (κ3) is 4.98. The minimum Gasteiger partial charge on any atom is -0.497 e. The summed E-state index contributed by atoms with van der Waals surface area (Å²) in [7, 11) is 1.63. The van der Waals surface area contributed by atoms with Gasteiger partial charge in [-0.25, -0.2) is 4.79 Å². The van der Waals surface area contributed by atoms with Gasteiger partial charge in [0.1, 0.15) is 17.1 Å². The molecule has 0 bridgehead atoms. The largest absolute Gasteiger partial charge is 0.497 e. The lowest BCUT2D eigenvalue weighted by molar-refractivity contribution is 0.0694. The Kier molecular flexibility index (Phi) is 6.29. The standard InChI is InChI=1S/C21H25NO5/c1-14-13-18(8-5-15-3-6-17(25-2)7-4-15)27-21(24)19(14)20(23)22-16-9-11-26-12-10-16/h3-4,6-7,13,16H,5,8-12H2,1-2H3,(H,22,23). The highest BCUT2D eigenvalue weighted by molar-refractivity contribution is 5.95. The smallest absolute Gasteiger partial charge is 0.349 e. The quantitative estimate of drug-likeness (QED) is 0.845. The van der Waals surface area contributed by atoms with E-state index in [0.717, 1.165) is 30.6 Å². The molecule has 2 heterocycles. The summed E-state index contributed by atoms with van der Waals surface area (Å²) >= 11 is 0. The third-order valence-corrected chi connectivity index (χ3v) is 4.80. The second-order valence-corrected chi connectivity index (χ2v) is 6.77. The minimum absolute atomic E-state index is 0.0415. The van der Waals surface area contributed by atoms with Crippen LogP contribution in [0.4, 0.5) is 0 Å². The van der Waals surface area contributed by atoms with Crippen LogP contribution in [-0.2, 0) is 17.6 Å². The number of hydrogen-bond donors (Lipinski definition) is 1. The Hall–Kier alpha value is -2.60. The van der Waals surface area contributed by atoms with Crippen molar-refractivity contribution in [3.8, 4) is 5.75 Å². The van der Waals surface area contributed by atoms with E-state index in [-0.39, 0.29) is 17.5 Å². The van der Waals surface area contributed by atoms with Gasteiger partial charge in [-0.1, -0.05) is 12.1 Å². The van der Waals surface area contributed by atoms with Gasteiger partial charge in [0.15, 0.2) is 0 Å². The maximum atomic E-state index is 12.5. The number of carbonyl (C=O) groups excluding carboxylic acids is 1. The van der Waals surface area contributed by atoms with Gasteiger partial charge < -0.3 is 19.2 Å². The van der Waals surface area contributed by atoms with Gasteiger partial charge in [-0.15, -0.1) is 0 Å². The van der Waals surface area contributed by atoms with Crippen molar-refractivity contribution in [3.63, 3.8) is 0 Å².